The first-order chi connectivity index (χ1) is 6.59. The first-order valence-corrected chi connectivity index (χ1v) is 4.52. The number of nitrogens with zero attached hydrogens (tertiary/aromatic N) is 2. The minimum Gasteiger partial charge on any atom is -0.465 e. The molecular weight excluding hydrogens is 180 g/mol. The predicted molar refractivity (Wildman–Crippen MR) is 51.7 cm³/mol. The van der Waals surface area contributed by atoms with Crippen molar-refractivity contribution in [3.63, 3.8) is 0 Å². The molecule has 0 aliphatic carbocycles. The third-order valence-electron chi connectivity index (χ3n) is 1.99. The second kappa shape index (κ2) is 4.17. The lowest BCUT2D eigenvalue weighted by atomic mass is 9.90. The summed E-state index contributed by atoms with van der Waals surface area (Å²) in [6, 6.07) is 0. The lowest BCUT2D eigenvalue weighted by Gasteiger charge is -2.20. The van der Waals surface area contributed by atoms with Crippen molar-refractivity contribution >= 4 is 5.97 Å². The monoisotopic (exact) mass is 194 g/mol. The van der Waals surface area contributed by atoms with Crippen LogP contribution in [-0.2, 0) is 14.9 Å². The number of carbonyl (C=O) groups is 1. The summed E-state index contributed by atoms with van der Waals surface area (Å²) in [5.74, 6) is -0.277. The maximum Gasteiger partial charge on any atom is 0.317 e. The predicted octanol–water partition coefficient (Wildman–Crippen LogP) is 1.32. The molecule has 14 heavy (non-hydrogen) atoms. The number of carbonyl (C=O) groups excluding carboxylic acids is 1. The van der Waals surface area contributed by atoms with Gasteiger partial charge in [0.1, 0.15) is 5.41 Å². The Bertz CT molecular complexity index is 309. The van der Waals surface area contributed by atoms with E-state index in [1.54, 1.807) is 39.4 Å². The van der Waals surface area contributed by atoms with Gasteiger partial charge in [-0.3, -0.25) is 14.8 Å². The van der Waals surface area contributed by atoms with E-state index in [0.29, 0.717) is 12.3 Å². The molecule has 0 radical (unpaired) electrons. The molecule has 1 heterocycles. The number of aromatic nitrogens is 2. The third kappa shape index (κ3) is 2.07. The van der Waals surface area contributed by atoms with Crippen LogP contribution in [0.4, 0.5) is 0 Å². The second-order valence-corrected chi connectivity index (χ2v) is 3.44. The molecule has 0 bridgehead atoms. The highest BCUT2D eigenvalue weighted by molar-refractivity contribution is 5.81. The highest BCUT2D eigenvalue weighted by Crippen LogP contribution is 2.21. The summed E-state index contributed by atoms with van der Waals surface area (Å²) in [5, 5.41) is 0. The van der Waals surface area contributed by atoms with Crippen LogP contribution in [0.2, 0.25) is 0 Å². The molecule has 0 N–H and O–H groups in total. The van der Waals surface area contributed by atoms with Crippen molar-refractivity contribution in [2.45, 2.75) is 26.2 Å². The largest absolute Gasteiger partial charge is 0.465 e. The molecule has 1 rings (SSSR count). The van der Waals surface area contributed by atoms with Gasteiger partial charge >= 0.3 is 5.97 Å². The minimum absolute atomic E-state index is 0.277. The number of ether oxygens (including phenoxy) is 1. The minimum atomic E-state index is -0.732. The van der Waals surface area contributed by atoms with E-state index in [4.69, 9.17) is 4.74 Å². The summed E-state index contributed by atoms with van der Waals surface area (Å²) in [6.45, 7) is 5.71. The van der Waals surface area contributed by atoms with Crippen molar-refractivity contribution in [1.29, 1.82) is 0 Å². The maximum absolute atomic E-state index is 11.6. The van der Waals surface area contributed by atoms with Crippen LogP contribution in [0.5, 0.6) is 0 Å². The van der Waals surface area contributed by atoms with Gasteiger partial charge in [0.2, 0.25) is 0 Å². The molecule has 1 aromatic rings. The van der Waals surface area contributed by atoms with Gasteiger partial charge in [0.05, 0.1) is 12.3 Å². The van der Waals surface area contributed by atoms with Crippen LogP contribution in [0.15, 0.2) is 18.6 Å². The zero-order valence-electron chi connectivity index (χ0n) is 8.65. The highest BCUT2D eigenvalue weighted by Gasteiger charge is 2.32. The molecule has 0 saturated carbocycles. The maximum atomic E-state index is 11.6. The van der Waals surface area contributed by atoms with E-state index in [1.165, 1.54) is 0 Å². The average molecular weight is 194 g/mol. The first kappa shape index (κ1) is 10.6. The molecule has 1 aromatic heterocycles. The van der Waals surface area contributed by atoms with Crippen LogP contribution in [-0.4, -0.2) is 22.5 Å². The fourth-order valence-electron chi connectivity index (χ4n) is 1.04. The van der Waals surface area contributed by atoms with Crippen LogP contribution in [0.1, 0.15) is 26.5 Å². The van der Waals surface area contributed by atoms with E-state index >= 15 is 0 Å². The van der Waals surface area contributed by atoms with Crippen LogP contribution >= 0.6 is 0 Å². The van der Waals surface area contributed by atoms with Gasteiger partial charge in [-0.05, 0) is 20.8 Å². The molecule has 0 aliphatic rings. The van der Waals surface area contributed by atoms with Crippen LogP contribution in [0.25, 0.3) is 0 Å². The van der Waals surface area contributed by atoms with Crippen LogP contribution in [0, 0.1) is 0 Å². The van der Waals surface area contributed by atoms with Gasteiger partial charge in [-0.25, -0.2) is 0 Å². The number of hydrogen-bond acceptors (Lipinski definition) is 4. The van der Waals surface area contributed by atoms with Gasteiger partial charge in [0.15, 0.2) is 0 Å². The molecule has 0 unspecified atom stereocenters. The van der Waals surface area contributed by atoms with E-state index < -0.39 is 5.41 Å². The van der Waals surface area contributed by atoms with Crippen LogP contribution in [0.3, 0.4) is 0 Å². The lowest BCUT2D eigenvalue weighted by Crippen LogP contribution is -2.32. The van der Waals surface area contributed by atoms with Crippen molar-refractivity contribution < 1.29 is 9.53 Å². The summed E-state index contributed by atoms with van der Waals surface area (Å²) in [4.78, 5) is 19.6. The highest BCUT2D eigenvalue weighted by atomic mass is 16.5. The topological polar surface area (TPSA) is 52.1 Å². The van der Waals surface area contributed by atoms with Crippen molar-refractivity contribution in [1.82, 2.24) is 9.97 Å². The SMILES string of the molecule is CCOC(=O)C(C)(C)c1cnccn1. The first-order valence-electron chi connectivity index (χ1n) is 4.52. The molecule has 0 amide bonds. The Balaban J connectivity index is 2.90. The van der Waals surface area contributed by atoms with Gasteiger partial charge in [-0.2, -0.15) is 0 Å². The Morgan fingerprint density at radius 3 is 2.71 bits per heavy atom. The molecule has 4 heteroatoms. The molecule has 0 aliphatic heterocycles. The Morgan fingerprint density at radius 2 is 2.21 bits per heavy atom. The summed E-state index contributed by atoms with van der Waals surface area (Å²) < 4.78 is 4.95. The van der Waals surface area contributed by atoms with Crippen molar-refractivity contribution in [3.8, 4) is 0 Å². The summed E-state index contributed by atoms with van der Waals surface area (Å²) in [5.41, 5.74) is -0.108. The van der Waals surface area contributed by atoms with Gasteiger partial charge in [-0.15, -0.1) is 0 Å². The Labute approximate surface area is 83.3 Å². The van der Waals surface area contributed by atoms with E-state index in [0.717, 1.165) is 0 Å². The molecule has 0 atom stereocenters. The molecule has 0 fully saturated rings. The number of esters is 1. The normalized spacial score (nSPS) is 11.1. The number of hydrogen-bond donors (Lipinski definition) is 0. The zero-order valence-corrected chi connectivity index (χ0v) is 8.65. The van der Waals surface area contributed by atoms with Gasteiger partial charge < -0.3 is 4.74 Å². The smallest absolute Gasteiger partial charge is 0.317 e. The Kier molecular flexibility index (Phi) is 3.17. The Hall–Kier alpha value is -1.45. The molecular formula is C10H14N2O2. The fraction of sp³-hybridized carbons (Fsp3) is 0.500. The van der Waals surface area contributed by atoms with Crippen LogP contribution < -0.4 is 0 Å². The van der Waals surface area contributed by atoms with Gasteiger partial charge in [0.25, 0.3) is 0 Å². The molecule has 0 spiro atoms. The van der Waals surface area contributed by atoms with Crippen molar-refractivity contribution in [3.05, 3.63) is 24.3 Å². The molecule has 4 nitrogen and oxygen atoms in total. The average Bonchev–Trinajstić information content (AvgIpc) is 2.19. The summed E-state index contributed by atoms with van der Waals surface area (Å²) >= 11 is 0. The fourth-order valence-corrected chi connectivity index (χ4v) is 1.04. The van der Waals surface area contributed by atoms with Crippen molar-refractivity contribution in [2.24, 2.45) is 0 Å². The van der Waals surface area contributed by atoms with E-state index in [1.807, 2.05) is 0 Å². The van der Waals surface area contributed by atoms with E-state index in [2.05, 4.69) is 9.97 Å². The van der Waals surface area contributed by atoms with E-state index in [-0.39, 0.29) is 5.97 Å². The van der Waals surface area contributed by atoms with Crippen molar-refractivity contribution in [2.75, 3.05) is 6.61 Å². The Morgan fingerprint density at radius 1 is 1.50 bits per heavy atom. The molecule has 0 saturated heterocycles. The second-order valence-electron chi connectivity index (χ2n) is 3.44. The van der Waals surface area contributed by atoms with Gasteiger partial charge in [0, 0.05) is 18.6 Å². The molecule has 0 aromatic carbocycles. The summed E-state index contributed by atoms with van der Waals surface area (Å²) in [6.07, 6.45) is 4.72. The van der Waals surface area contributed by atoms with E-state index in [9.17, 15) is 4.79 Å². The quantitative estimate of drug-likeness (QED) is 0.681. The standard InChI is InChI=1S/C10H14N2O2/c1-4-14-9(13)10(2,3)8-7-11-5-6-12-8/h5-7H,4H2,1-3H3. The van der Waals surface area contributed by atoms with Gasteiger partial charge in [-0.1, -0.05) is 0 Å². The lowest BCUT2D eigenvalue weighted by molar-refractivity contribution is -0.148. The summed E-state index contributed by atoms with van der Waals surface area (Å²) in [7, 11) is 0. The number of rotatable bonds is 3. The zero-order chi connectivity index (χ0) is 10.6. The molecule has 76 valence electrons. The third-order valence-corrected chi connectivity index (χ3v) is 1.99.